The molecular weight excluding hydrogens is 152 g/mol. The number of rotatable bonds is 2. The molecule has 3 heteroatoms. The van der Waals surface area contributed by atoms with Crippen molar-refractivity contribution in [3.63, 3.8) is 0 Å². The Morgan fingerprint density at radius 1 is 1.58 bits per heavy atom. The van der Waals surface area contributed by atoms with Gasteiger partial charge in [0.15, 0.2) is 0 Å². The second kappa shape index (κ2) is 22.5. The molecule has 3 nitrogen and oxygen atoms in total. The highest BCUT2D eigenvalue weighted by atomic mass is 16.2. The van der Waals surface area contributed by atoms with Gasteiger partial charge < -0.3 is 11.1 Å². The number of nitrogens with one attached hydrogen (secondary N) is 1. The predicted molar refractivity (Wildman–Crippen MR) is 55.1 cm³/mol. The fraction of sp³-hybridized carbons (Fsp3) is 0.667. The average Bonchev–Trinajstić information content (AvgIpc) is 2.06. The molecular formula is C9H22N2O. The van der Waals surface area contributed by atoms with Crippen molar-refractivity contribution >= 4 is 6.03 Å². The van der Waals surface area contributed by atoms with Crippen molar-refractivity contribution in [3.8, 4) is 0 Å². The summed E-state index contributed by atoms with van der Waals surface area (Å²) in [6.45, 7) is 11.9. The highest BCUT2D eigenvalue weighted by Crippen LogP contribution is 1.66. The van der Waals surface area contributed by atoms with E-state index < -0.39 is 6.03 Å². The Balaban J connectivity index is -0.000000137. The van der Waals surface area contributed by atoms with Crippen LogP contribution in [0.25, 0.3) is 0 Å². The third-order valence-electron chi connectivity index (χ3n) is 0.549. The number of hydrogen-bond acceptors (Lipinski definition) is 1. The van der Waals surface area contributed by atoms with Gasteiger partial charge in [0.25, 0.3) is 0 Å². The summed E-state index contributed by atoms with van der Waals surface area (Å²) in [5.41, 5.74) is 4.73. The summed E-state index contributed by atoms with van der Waals surface area (Å²) in [5, 5.41) is 2.43. The van der Waals surface area contributed by atoms with E-state index in [0.29, 0.717) is 6.54 Å². The Hall–Kier alpha value is -0.990. The maximum atomic E-state index is 9.87. The lowest BCUT2D eigenvalue weighted by molar-refractivity contribution is 0.249. The van der Waals surface area contributed by atoms with Crippen molar-refractivity contribution in [2.45, 2.75) is 34.1 Å². The maximum absolute atomic E-state index is 9.87. The van der Waals surface area contributed by atoms with Crippen molar-refractivity contribution in [2.24, 2.45) is 5.73 Å². The molecule has 74 valence electrons. The smallest absolute Gasteiger partial charge is 0.312 e. The maximum Gasteiger partial charge on any atom is 0.312 e. The molecule has 0 aromatic carbocycles. The van der Waals surface area contributed by atoms with Crippen LogP contribution in [-0.4, -0.2) is 12.6 Å². The number of carbonyl (C=O) groups is 1. The first-order chi connectivity index (χ1) is 5.68. The normalized spacial score (nSPS) is 6.33. The Morgan fingerprint density at radius 2 is 1.92 bits per heavy atom. The molecule has 0 aromatic rings. The van der Waals surface area contributed by atoms with Crippen LogP contribution in [0.1, 0.15) is 34.1 Å². The molecule has 0 bridgehead atoms. The number of allylic oxidation sites excluding steroid dienone is 1. The molecule has 0 aromatic heterocycles. The lowest BCUT2D eigenvalue weighted by atomic mass is 10.5. The van der Waals surface area contributed by atoms with E-state index in [1.54, 1.807) is 6.08 Å². The molecule has 0 spiro atoms. The van der Waals surface area contributed by atoms with Gasteiger partial charge in [-0.25, -0.2) is 4.79 Å². The molecule has 0 saturated carbocycles. The first kappa shape index (κ1) is 17.2. The van der Waals surface area contributed by atoms with E-state index in [0.717, 1.165) is 6.42 Å². The Bertz CT molecular complexity index is 92.5. The predicted octanol–water partition coefficient (Wildman–Crippen LogP) is 2.28. The molecule has 0 unspecified atom stereocenters. The molecule has 0 atom stereocenters. The molecule has 0 aliphatic carbocycles. The fourth-order valence-electron chi connectivity index (χ4n) is 0.248. The molecule has 0 aliphatic rings. The Morgan fingerprint density at radius 3 is 2.00 bits per heavy atom. The summed E-state index contributed by atoms with van der Waals surface area (Å²) in [6.07, 6.45) is 2.68. The van der Waals surface area contributed by atoms with Crippen LogP contribution < -0.4 is 11.1 Å². The summed E-state index contributed by atoms with van der Waals surface area (Å²) in [6, 6.07) is -0.443. The largest absolute Gasteiger partial charge is 0.352 e. The third-order valence-corrected chi connectivity index (χ3v) is 0.549. The van der Waals surface area contributed by atoms with Crippen LogP contribution in [0.15, 0.2) is 12.7 Å². The summed E-state index contributed by atoms with van der Waals surface area (Å²) >= 11 is 0. The van der Waals surface area contributed by atoms with E-state index in [9.17, 15) is 4.79 Å². The summed E-state index contributed by atoms with van der Waals surface area (Å²) in [4.78, 5) is 9.87. The van der Waals surface area contributed by atoms with Gasteiger partial charge in [0, 0.05) is 6.54 Å². The zero-order valence-electron chi connectivity index (χ0n) is 8.68. The molecule has 0 fully saturated rings. The van der Waals surface area contributed by atoms with Gasteiger partial charge in [0.1, 0.15) is 0 Å². The van der Waals surface area contributed by atoms with Gasteiger partial charge in [0.2, 0.25) is 0 Å². The molecule has 3 N–H and O–H groups in total. The topological polar surface area (TPSA) is 55.1 Å². The van der Waals surface area contributed by atoms with Crippen LogP contribution >= 0.6 is 0 Å². The lowest BCUT2D eigenvalue weighted by Crippen LogP contribution is -2.29. The van der Waals surface area contributed by atoms with Gasteiger partial charge in [-0.1, -0.05) is 26.8 Å². The van der Waals surface area contributed by atoms with Gasteiger partial charge in [-0.3, -0.25) is 0 Å². The number of amides is 2. The summed E-state index contributed by atoms with van der Waals surface area (Å²) in [5.74, 6) is 0. The monoisotopic (exact) mass is 174 g/mol. The quantitative estimate of drug-likeness (QED) is 0.620. The van der Waals surface area contributed by atoms with Gasteiger partial charge in [-0.15, -0.1) is 6.58 Å². The Labute approximate surface area is 76.0 Å². The van der Waals surface area contributed by atoms with E-state index in [1.165, 1.54) is 0 Å². The van der Waals surface area contributed by atoms with Crippen LogP contribution in [0.2, 0.25) is 0 Å². The van der Waals surface area contributed by atoms with Crippen LogP contribution in [0.3, 0.4) is 0 Å². The highest BCUT2D eigenvalue weighted by Gasteiger charge is 1.83. The van der Waals surface area contributed by atoms with Crippen molar-refractivity contribution in [1.29, 1.82) is 0 Å². The zero-order chi connectivity index (χ0) is 10.4. The minimum absolute atomic E-state index is 0.443. The van der Waals surface area contributed by atoms with E-state index in [-0.39, 0.29) is 0 Å². The molecule has 0 saturated heterocycles. The zero-order valence-corrected chi connectivity index (χ0v) is 8.68. The van der Waals surface area contributed by atoms with Crippen molar-refractivity contribution < 1.29 is 4.79 Å². The second-order valence-electron chi connectivity index (χ2n) is 1.70. The van der Waals surface area contributed by atoms with E-state index in [2.05, 4.69) is 11.9 Å². The first-order valence-corrected chi connectivity index (χ1v) is 4.29. The fourth-order valence-corrected chi connectivity index (χ4v) is 0.248. The number of nitrogens with two attached hydrogens (primary N) is 1. The highest BCUT2D eigenvalue weighted by molar-refractivity contribution is 5.71. The lowest BCUT2D eigenvalue weighted by Gasteiger charge is -1.93. The second-order valence-corrected chi connectivity index (χ2v) is 1.70. The summed E-state index contributed by atoms with van der Waals surface area (Å²) in [7, 11) is 0. The number of hydrogen-bond donors (Lipinski definition) is 2. The number of primary amides is 1. The SMILES string of the molecule is C=CC.CC.CCCNC(N)=O. The van der Waals surface area contributed by atoms with E-state index in [1.807, 2.05) is 27.7 Å². The van der Waals surface area contributed by atoms with Gasteiger partial charge in [-0.05, 0) is 13.3 Å². The molecule has 12 heavy (non-hydrogen) atoms. The van der Waals surface area contributed by atoms with Crippen LogP contribution in [0.4, 0.5) is 4.79 Å². The minimum atomic E-state index is -0.443. The van der Waals surface area contributed by atoms with Crippen molar-refractivity contribution in [1.82, 2.24) is 5.32 Å². The number of carbonyl (C=O) groups excluding carboxylic acids is 1. The van der Waals surface area contributed by atoms with Crippen LogP contribution in [0.5, 0.6) is 0 Å². The standard InChI is InChI=1S/C4H10N2O.C3H6.C2H6/c1-2-3-6-4(5)7;1-3-2;1-2/h2-3H2,1H3,(H3,5,6,7);3H,1H2,2H3;1-2H3. The minimum Gasteiger partial charge on any atom is -0.352 e. The Kier molecular flexibility index (Phi) is 32.2. The van der Waals surface area contributed by atoms with Gasteiger partial charge in [0.05, 0.1) is 0 Å². The van der Waals surface area contributed by atoms with Gasteiger partial charge in [-0.2, -0.15) is 0 Å². The van der Waals surface area contributed by atoms with Crippen molar-refractivity contribution in [2.75, 3.05) is 6.54 Å². The molecule has 2 amide bonds. The third kappa shape index (κ3) is 63.8. The average molecular weight is 174 g/mol. The van der Waals surface area contributed by atoms with Gasteiger partial charge >= 0.3 is 6.03 Å². The number of urea groups is 1. The molecule has 0 aliphatic heterocycles. The first-order valence-electron chi connectivity index (χ1n) is 4.29. The van der Waals surface area contributed by atoms with Crippen LogP contribution in [0, 0.1) is 0 Å². The molecule has 0 rings (SSSR count). The van der Waals surface area contributed by atoms with E-state index in [4.69, 9.17) is 5.73 Å². The van der Waals surface area contributed by atoms with Crippen molar-refractivity contribution in [3.05, 3.63) is 12.7 Å². The summed E-state index contributed by atoms with van der Waals surface area (Å²) < 4.78 is 0. The molecule has 0 heterocycles. The van der Waals surface area contributed by atoms with Crippen LogP contribution in [-0.2, 0) is 0 Å². The molecule has 0 radical (unpaired) electrons. The van der Waals surface area contributed by atoms with E-state index >= 15 is 0 Å².